The van der Waals surface area contributed by atoms with Crippen molar-refractivity contribution in [3.63, 3.8) is 0 Å². The van der Waals surface area contributed by atoms with Crippen molar-refractivity contribution in [3.8, 4) is 0 Å². The molecule has 0 amide bonds. The minimum atomic E-state index is -5.19. The summed E-state index contributed by atoms with van der Waals surface area (Å²) in [5, 5.41) is 8.78. The van der Waals surface area contributed by atoms with Crippen LogP contribution in [0.4, 0.5) is 13.2 Å². The molecule has 0 heterocycles. The molecule has 206 valence electrons. The van der Waals surface area contributed by atoms with Gasteiger partial charge in [0.05, 0.1) is 10.9 Å². The van der Waals surface area contributed by atoms with Crippen LogP contribution in [-0.4, -0.2) is 12.1 Å². The van der Waals surface area contributed by atoms with Crippen LogP contribution in [0.25, 0.3) is 0 Å². The zero-order chi connectivity index (χ0) is 29.1. The molecule has 0 spiro atoms. The van der Waals surface area contributed by atoms with Gasteiger partial charge >= 0.3 is 6.18 Å². The first-order chi connectivity index (χ1) is 17.2. The van der Waals surface area contributed by atoms with Crippen LogP contribution in [0.1, 0.15) is 79.0 Å². The van der Waals surface area contributed by atoms with Crippen LogP contribution in [0, 0.1) is 0 Å². The summed E-state index contributed by atoms with van der Waals surface area (Å²) >= 11 is 0. The largest absolute Gasteiger partial charge is 0.542 e. The zero-order valence-electron chi connectivity index (χ0n) is 23.8. The predicted molar refractivity (Wildman–Crippen MR) is 149 cm³/mol. The Balaban J connectivity index is 0.000000638. The lowest BCUT2D eigenvalue weighted by Gasteiger charge is -2.32. The van der Waals surface area contributed by atoms with Crippen LogP contribution < -0.4 is 5.11 Å². The maximum atomic E-state index is 10.5. The van der Waals surface area contributed by atoms with Crippen LogP contribution in [0.15, 0.2) is 87.5 Å². The monoisotopic (exact) mass is 544 g/mol. The molecular weight excluding hydrogens is 505 g/mol. The van der Waals surface area contributed by atoms with Crippen molar-refractivity contribution >= 4 is 16.9 Å². The van der Waals surface area contributed by atoms with E-state index in [1.54, 1.807) is 0 Å². The number of alkyl halides is 3. The van der Waals surface area contributed by atoms with E-state index in [2.05, 4.69) is 135 Å². The third-order valence-electron chi connectivity index (χ3n) is 5.96. The molecule has 38 heavy (non-hydrogen) atoms. The molecule has 0 radical (unpaired) electrons. The first-order valence-corrected chi connectivity index (χ1v) is 13.8. The van der Waals surface area contributed by atoms with Crippen molar-refractivity contribution in [3.05, 3.63) is 89.5 Å². The van der Waals surface area contributed by atoms with Gasteiger partial charge in [-0.1, -0.05) is 98.7 Å². The highest BCUT2D eigenvalue weighted by Gasteiger charge is 2.40. The fourth-order valence-corrected chi connectivity index (χ4v) is 6.65. The second-order valence-corrected chi connectivity index (χ2v) is 14.3. The minimum Gasteiger partial charge on any atom is -0.542 e. The van der Waals surface area contributed by atoms with E-state index in [1.165, 1.54) is 31.4 Å². The molecule has 3 aromatic rings. The van der Waals surface area contributed by atoms with E-state index in [9.17, 15) is 13.2 Å². The van der Waals surface area contributed by atoms with Gasteiger partial charge in [-0.2, -0.15) is 13.2 Å². The van der Waals surface area contributed by atoms with Crippen molar-refractivity contribution in [1.82, 2.24) is 0 Å². The summed E-state index contributed by atoms with van der Waals surface area (Å²) in [4.78, 5) is 13.1. The fourth-order valence-electron chi connectivity index (χ4n) is 3.88. The van der Waals surface area contributed by atoms with Gasteiger partial charge in [0.25, 0.3) is 0 Å². The number of rotatable bonds is 3. The topological polar surface area (TPSA) is 40.1 Å². The van der Waals surface area contributed by atoms with Crippen molar-refractivity contribution in [2.24, 2.45) is 0 Å². The van der Waals surface area contributed by atoms with E-state index in [4.69, 9.17) is 9.90 Å². The highest BCUT2D eigenvalue weighted by Crippen LogP contribution is 2.45. The summed E-state index contributed by atoms with van der Waals surface area (Å²) in [5.74, 6) is -3.01. The number of carboxylic acid groups (broad SMARTS) is 1. The van der Waals surface area contributed by atoms with E-state index < -0.39 is 12.1 Å². The average Bonchev–Trinajstić information content (AvgIpc) is 2.78. The molecule has 0 N–H and O–H groups in total. The molecule has 0 atom stereocenters. The molecule has 3 aromatic carbocycles. The Kier molecular flexibility index (Phi) is 9.58. The van der Waals surface area contributed by atoms with Gasteiger partial charge in [-0.15, -0.1) is 0 Å². The summed E-state index contributed by atoms with van der Waals surface area (Å²) in [6.07, 6.45) is -5.19. The molecule has 0 aliphatic carbocycles. The van der Waals surface area contributed by atoms with E-state index in [-0.39, 0.29) is 27.1 Å². The summed E-state index contributed by atoms with van der Waals surface area (Å²) in [7, 11) is -0.166. The van der Waals surface area contributed by atoms with E-state index in [0.29, 0.717) is 0 Å². The van der Waals surface area contributed by atoms with Gasteiger partial charge in [-0.3, -0.25) is 0 Å². The molecule has 0 aliphatic rings. The third-order valence-corrected chi connectivity index (χ3v) is 8.30. The summed E-state index contributed by atoms with van der Waals surface area (Å²) < 4.78 is 31.5. The highest BCUT2D eigenvalue weighted by atomic mass is 32.2. The molecular formula is C32H39F3O2S. The van der Waals surface area contributed by atoms with E-state index >= 15 is 0 Å². The van der Waals surface area contributed by atoms with Gasteiger partial charge in [0.2, 0.25) is 0 Å². The molecule has 0 bridgehead atoms. The maximum absolute atomic E-state index is 10.5. The number of halogens is 3. The number of carbonyl (C=O) groups is 1. The Morgan fingerprint density at radius 2 is 0.947 bits per heavy atom. The lowest BCUT2D eigenvalue weighted by atomic mass is 9.75. The normalized spacial score (nSPS) is 12.7. The van der Waals surface area contributed by atoms with Gasteiger partial charge in [-0.25, -0.2) is 0 Å². The fraction of sp³-hybridized carbons (Fsp3) is 0.406. The number of benzene rings is 3. The second kappa shape index (κ2) is 11.6. The Hall–Kier alpha value is -2.73. The molecule has 0 unspecified atom stereocenters. The van der Waals surface area contributed by atoms with Crippen LogP contribution in [0.2, 0.25) is 0 Å². The predicted octanol–water partition coefficient (Wildman–Crippen LogP) is 7.97. The highest BCUT2D eigenvalue weighted by molar-refractivity contribution is 7.97. The van der Waals surface area contributed by atoms with Gasteiger partial charge in [0.15, 0.2) is 14.7 Å². The smallest absolute Gasteiger partial charge is 0.430 e. The molecule has 0 aliphatic heterocycles. The Morgan fingerprint density at radius 3 is 1.18 bits per heavy atom. The number of carboxylic acids is 1. The zero-order valence-corrected chi connectivity index (χ0v) is 24.6. The van der Waals surface area contributed by atoms with Gasteiger partial charge < -0.3 is 9.90 Å². The number of hydrogen-bond acceptors (Lipinski definition) is 2. The quantitative estimate of drug-likeness (QED) is 0.314. The Labute approximate surface area is 228 Å². The lowest BCUT2D eigenvalue weighted by Crippen LogP contribution is -2.37. The van der Waals surface area contributed by atoms with Gasteiger partial charge in [0, 0.05) is 11.1 Å². The van der Waals surface area contributed by atoms with E-state index in [1.807, 2.05) is 0 Å². The maximum Gasteiger partial charge on any atom is 0.430 e. The molecule has 0 aromatic heterocycles. The van der Waals surface area contributed by atoms with Crippen LogP contribution in [-0.2, 0) is 31.9 Å². The van der Waals surface area contributed by atoms with Crippen LogP contribution in [0.5, 0.6) is 0 Å². The molecule has 0 saturated carbocycles. The first kappa shape index (κ1) is 31.5. The van der Waals surface area contributed by atoms with Crippen LogP contribution in [0.3, 0.4) is 0 Å². The van der Waals surface area contributed by atoms with Gasteiger partial charge in [-0.05, 0) is 58.2 Å². The van der Waals surface area contributed by atoms with Gasteiger partial charge in [0.1, 0.15) is 5.97 Å². The summed E-state index contributed by atoms with van der Waals surface area (Å²) in [5.41, 5.74) is 4.57. The number of hydrogen-bond donors (Lipinski definition) is 0. The first-order valence-electron chi connectivity index (χ1n) is 12.6. The number of carbonyl (C=O) groups excluding carboxylic acids is 1. The molecule has 6 heteroatoms. The second-order valence-electron chi connectivity index (χ2n) is 12.4. The SMILES string of the molecule is CC(C)(C)c1cc(C(C)(C)C)c([S+](c2ccccc2)c2ccccc2)c(C(C)(C)C)c1.O=C([O-])C(F)(F)F. The van der Waals surface area contributed by atoms with Crippen molar-refractivity contribution in [2.45, 2.75) is 99.4 Å². The lowest BCUT2D eigenvalue weighted by molar-refractivity contribution is -0.344. The molecule has 0 saturated heterocycles. The Bertz CT molecular complexity index is 1140. The Morgan fingerprint density at radius 1 is 0.632 bits per heavy atom. The molecule has 0 fully saturated rings. The van der Waals surface area contributed by atoms with Crippen LogP contribution >= 0.6 is 0 Å². The molecule has 3 rings (SSSR count). The molecule has 2 nitrogen and oxygen atoms in total. The third kappa shape index (κ3) is 8.13. The minimum absolute atomic E-state index is 0.0470. The van der Waals surface area contributed by atoms with Crippen molar-refractivity contribution in [2.75, 3.05) is 0 Å². The summed E-state index contributed by atoms with van der Waals surface area (Å²) in [6, 6.07) is 27.1. The van der Waals surface area contributed by atoms with E-state index in [0.717, 1.165) is 0 Å². The number of aliphatic carboxylic acids is 1. The van der Waals surface area contributed by atoms with Crippen molar-refractivity contribution < 1.29 is 23.1 Å². The average molecular weight is 545 g/mol. The standard InChI is InChI=1S/C30H39S.C2HF3O2/c1-28(2,3)22-20-25(29(4,5)6)27(26(21-22)30(7,8)9)31(23-16-12-10-13-17-23)24-18-14-11-15-19-24;3-2(4,5)1(6)7/h10-21H,1-9H3;(H,6,7)/q+1;/p-1. The summed E-state index contributed by atoms with van der Waals surface area (Å²) in [6.45, 7) is 21.2. The van der Waals surface area contributed by atoms with Crippen molar-refractivity contribution in [1.29, 1.82) is 0 Å².